The molecule has 0 fully saturated rings. The summed E-state index contributed by atoms with van der Waals surface area (Å²) in [6.07, 6.45) is 0.684. The summed E-state index contributed by atoms with van der Waals surface area (Å²) in [6.45, 7) is 1.93. The van der Waals surface area contributed by atoms with Crippen molar-refractivity contribution >= 4 is 17.9 Å². The Kier molecular flexibility index (Phi) is 3.84. The van der Waals surface area contributed by atoms with E-state index in [1.54, 1.807) is 24.3 Å². The van der Waals surface area contributed by atoms with E-state index in [0.717, 1.165) is 5.56 Å². The van der Waals surface area contributed by atoms with Gasteiger partial charge in [-0.15, -0.1) is 0 Å². The van der Waals surface area contributed by atoms with Gasteiger partial charge >= 0.3 is 0 Å². The molecule has 0 saturated heterocycles. The molecule has 2 rings (SSSR count). The molecule has 0 aliphatic carbocycles. The predicted molar refractivity (Wildman–Crippen MR) is 72.8 cm³/mol. The van der Waals surface area contributed by atoms with Gasteiger partial charge in [0.25, 0.3) is 0 Å². The molecule has 4 heteroatoms. The summed E-state index contributed by atoms with van der Waals surface area (Å²) in [5, 5.41) is 9.53. The van der Waals surface area contributed by atoms with Gasteiger partial charge < -0.3 is 4.74 Å². The summed E-state index contributed by atoms with van der Waals surface area (Å²) >= 11 is 6.07. The first kappa shape index (κ1) is 13.1. The van der Waals surface area contributed by atoms with Crippen LogP contribution in [0.1, 0.15) is 21.5 Å². The van der Waals surface area contributed by atoms with Crippen molar-refractivity contribution in [2.24, 2.45) is 0 Å². The highest BCUT2D eigenvalue weighted by atomic mass is 35.5. The van der Waals surface area contributed by atoms with Gasteiger partial charge in [0.2, 0.25) is 0 Å². The molecule has 2 aromatic rings. The number of nitrogens with zero attached hydrogens (tertiary/aromatic N) is 1. The van der Waals surface area contributed by atoms with Crippen LogP contribution < -0.4 is 4.74 Å². The van der Waals surface area contributed by atoms with Gasteiger partial charge in [0.05, 0.1) is 10.6 Å². The van der Waals surface area contributed by atoms with Crippen LogP contribution in [0, 0.1) is 18.3 Å². The quantitative estimate of drug-likeness (QED) is 0.789. The third-order valence-corrected chi connectivity index (χ3v) is 2.86. The Labute approximate surface area is 116 Å². The van der Waals surface area contributed by atoms with E-state index >= 15 is 0 Å². The van der Waals surface area contributed by atoms with E-state index in [4.69, 9.17) is 21.6 Å². The Morgan fingerprint density at radius 3 is 2.58 bits per heavy atom. The van der Waals surface area contributed by atoms with Crippen LogP contribution >= 0.6 is 11.6 Å². The van der Waals surface area contributed by atoms with Crippen molar-refractivity contribution in [1.29, 1.82) is 5.26 Å². The third kappa shape index (κ3) is 2.93. The Morgan fingerprint density at radius 2 is 1.95 bits per heavy atom. The standard InChI is InChI=1S/C15H10ClNO2/c1-10-2-4-15(13(16)6-10)19-14-5-3-11(9-18)7-12(14)8-17/h2-7,9H,1H3. The van der Waals surface area contributed by atoms with Gasteiger partial charge in [0.15, 0.2) is 0 Å². The zero-order valence-corrected chi connectivity index (χ0v) is 10.9. The molecule has 0 aliphatic rings. The van der Waals surface area contributed by atoms with Crippen LogP contribution in [0.5, 0.6) is 11.5 Å². The summed E-state index contributed by atoms with van der Waals surface area (Å²) in [5.41, 5.74) is 1.74. The Bertz CT molecular complexity index is 674. The molecule has 0 bridgehead atoms. The van der Waals surface area contributed by atoms with Crippen LogP contribution in [0.3, 0.4) is 0 Å². The van der Waals surface area contributed by atoms with Gasteiger partial charge in [-0.05, 0) is 42.8 Å². The van der Waals surface area contributed by atoms with Crippen molar-refractivity contribution in [3.8, 4) is 17.6 Å². The van der Waals surface area contributed by atoms with Crippen molar-refractivity contribution in [3.05, 3.63) is 58.1 Å². The number of benzene rings is 2. The van der Waals surface area contributed by atoms with Crippen LogP contribution in [0.15, 0.2) is 36.4 Å². The predicted octanol–water partition coefficient (Wildman–Crippen LogP) is 4.12. The lowest BCUT2D eigenvalue weighted by Crippen LogP contribution is -1.91. The smallest absolute Gasteiger partial charge is 0.150 e. The molecule has 94 valence electrons. The van der Waals surface area contributed by atoms with E-state index in [0.29, 0.717) is 33.9 Å². The van der Waals surface area contributed by atoms with Crippen molar-refractivity contribution in [2.75, 3.05) is 0 Å². The minimum atomic E-state index is 0.293. The molecule has 0 spiro atoms. The van der Waals surface area contributed by atoms with Crippen molar-refractivity contribution < 1.29 is 9.53 Å². The third-order valence-electron chi connectivity index (χ3n) is 2.57. The minimum Gasteiger partial charge on any atom is -0.454 e. The second-order valence-corrected chi connectivity index (χ2v) is 4.43. The second kappa shape index (κ2) is 5.55. The SMILES string of the molecule is Cc1ccc(Oc2ccc(C=O)cc2C#N)c(Cl)c1. The molecule has 0 aliphatic heterocycles. The normalized spacial score (nSPS) is 9.74. The molecule has 2 aromatic carbocycles. The molecule has 19 heavy (non-hydrogen) atoms. The van der Waals surface area contributed by atoms with E-state index < -0.39 is 0 Å². The number of nitriles is 1. The Balaban J connectivity index is 2.38. The van der Waals surface area contributed by atoms with E-state index in [1.807, 2.05) is 19.1 Å². The number of ether oxygens (including phenoxy) is 1. The summed E-state index contributed by atoms with van der Waals surface area (Å²) in [4.78, 5) is 10.7. The maximum absolute atomic E-state index is 10.7. The average molecular weight is 272 g/mol. The van der Waals surface area contributed by atoms with E-state index in [-0.39, 0.29) is 0 Å². The first-order valence-electron chi connectivity index (χ1n) is 5.57. The summed E-state index contributed by atoms with van der Waals surface area (Å²) in [6, 6.07) is 12.0. The van der Waals surface area contributed by atoms with Crippen LogP contribution in [0.4, 0.5) is 0 Å². The highest BCUT2D eigenvalue weighted by Crippen LogP contribution is 2.31. The lowest BCUT2D eigenvalue weighted by atomic mass is 10.1. The van der Waals surface area contributed by atoms with E-state index in [1.165, 1.54) is 6.07 Å². The fourth-order valence-corrected chi connectivity index (χ4v) is 1.88. The number of rotatable bonds is 3. The van der Waals surface area contributed by atoms with Crippen LogP contribution in [-0.4, -0.2) is 6.29 Å². The number of aryl methyl sites for hydroxylation is 1. The van der Waals surface area contributed by atoms with E-state index in [9.17, 15) is 4.79 Å². The van der Waals surface area contributed by atoms with Crippen LogP contribution in [-0.2, 0) is 0 Å². The fraction of sp³-hybridized carbons (Fsp3) is 0.0667. The number of hydrogen-bond donors (Lipinski definition) is 0. The zero-order valence-electron chi connectivity index (χ0n) is 10.2. The lowest BCUT2D eigenvalue weighted by Gasteiger charge is -2.09. The topological polar surface area (TPSA) is 50.1 Å². The fourth-order valence-electron chi connectivity index (χ4n) is 1.60. The maximum atomic E-state index is 10.7. The van der Waals surface area contributed by atoms with Gasteiger partial charge in [-0.3, -0.25) is 4.79 Å². The van der Waals surface area contributed by atoms with E-state index in [2.05, 4.69) is 0 Å². The van der Waals surface area contributed by atoms with Crippen molar-refractivity contribution in [2.45, 2.75) is 6.92 Å². The zero-order chi connectivity index (χ0) is 13.8. The summed E-state index contributed by atoms with van der Waals surface area (Å²) in [7, 11) is 0. The average Bonchev–Trinajstić information content (AvgIpc) is 2.42. The Hall–Kier alpha value is -2.31. The molecule has 0 unspecified atom stereocenters. The van der Waals surface area contributed by atoms with Crippen molar-refractivity contribution in [3.63, 3.8) is 0 Å². The molecule has 3 nitrogen and oxygen atoms in total. The molecule has 0 atom stereocenters. The summed E-state index contributed by atoms with van der Waals surface area (Å²) in [5.74, 6) is 0.849. The molecule has 0 N–H and O–H groups in total. The highest BCUT2D eigenvalue weighted by Gasteiger charge is 2.08. The van der Waals surface area contributed by atoms with Gasteiger partial charge in [-0.1, -0.05) is 17.7 Å². The number of carbonyl (C=O) groups excluding carboxylic acids is 1. The first-order valence-corrected chi connectivity index (χ1v) is 5.95. The monoisotopic (exact) mass is 271 g/mol. The lowest BCUT2D eigenvalue weighted by molar-refractivity contribution is 0.112. The maximum Gasteiger partial charge on any atom is 0.150 e. The molecule has 0 heterocycles. The minimum absolute atomic E-state index is 0.293. The van der Waals surface area contributed by atoms with Crippen LogP contribution in [0.2, 0.25) is 5.02 Å². The van der Waals surface area contributed by atoms with Gasteiger partial charge in [0.1, 0.15) is 23.9 Å². The number of hydrogen-bond acceptors (Lipinski definition) is 3. The number of halogens is 1. The molecule has 0 saturated carbocycles. The largest absolute Gasteiger partial charge is 0.454 e. The second-order valence-electron chi connectivity index (χ2n) is 4.02. The number of aldehydes is 1. The van der Waals surface area contributed by atoms with Gasteiger partial charge in [-0.2, -0.15) is 5.26 Å². The molecular formula is C15H10ClNO2. The summed E-state index contributed by atoms with van der Waals surface area (Å²) < 4.78 is 5.62. The first-order chi connectivity index (χ1) is 9.13. The Morgan fingerprint density at radius 1 is 1.21 bits per heavy atom. The molecule has 0 amide bonds. The number of carbonyl (C=O) groups is 1. The molecular weight excluding hydrogens is 262 g/mol. The molecule has 0 aromatic heterocycles. The van der Waals surface area contributed by atoms with Crippen LogP contribution in [0.25, 0.3) is 0 Å². The van der Waals surface area contributed by atoms with Gasteiger partial charge in [0, 0.05) is 5.56 Å². The molecule has 0 radical (unpaired) electrons. The van der Waals surface area contributed by atoms with Crippen molar-refractivity contribution in [1.82, 2.24) is 0 Å². The van der Waals surface area contributed by atoms with Gasteiger partial charge in [-0.25, -0.2) is 0 Å². The highest BCUT2D eigenvalue weighted by molar-refractivity contribution is 6.32.